The quantitative estimate of drug-likeness (QED) is 0.636. The molecule has 14 heavy (non-hydrogen) atoms. The van der Waals surface area contributed by atoms with Gasteiger partial charge >= 0.3 is 0 Å². The Kier molecular flexibility index (Phi) is 4.90. The van der Waals surface area contributed by atoms with Crippen LogP contribution in [0.5, 0.6) is 0 Å². The molecule has 1 aliphatic heterocycles. The molecule has 2 nitrogen and oxygen atoms in total. The highest BCUT2D eigenvalue weighted by Crippen LogP contribution is 2.20. The average Bonchev–Trinajstić information content (AvgIpc) is 2.07. The Morgan fingerprint density at radius 2 is 1.64 bits per heavy atom. The largest absolute Gasteiger partial charge is 0.388 e. The van der Waals surface area contributed by atoms with E-state index in [9.17, 15) is 5.11 Å². The van der Waals surface area contributed by atoms with Gasteiger partial charge in [0.15, 0.2) is 0 Å². The predicted molar refractivity (Wildman–Crippen MR) is 60.4 cm³/mol. The molecule has 1 heterocycles. The Morgan fingerprint density at radius 3 is 2.21 bits per heavy atom. The summed E-state index contributed by atoms with van der Waals surface area (Å²) in [6.45, 7) is 7.11. The second kappa shape index (κ2) is 5.72. The van der Waals surface area contributed by atoms with Gasteiger partial charge in [0.25, 0.3) is 0 Å². The number of hydrogen-bond donors (Lipinski definition) is 1. The fraction of sp³-hybridized carbons (Fsp3) is 1.00. The van der Waals surface area contributed by atoms with Gasteiger partial charge in [-0.2, -0.15) is 0 Å². The third-order valence-corrected chi connectivity index (χ3v) is 2.96. The molecule has 0 radical (unpaired) electrons. The topological polar surface area (TPSA) is 23.5 Å². The van der Waals surface area contributed by atoms with Gasteiger partial charge in [0, 0.05) is 13.1 Å². The molecule has 0 bridgehead atoms. The summed E-state index contributed by atoms with van der Waals surface area (Å²) in [6.07, 6.45) is 8.16. The van der Waals surface area contributed by atoms with Crippen molar-refractivity contribution in [1.82, 2.24) is 4.90 Å². The third-order valence-electron chi connectivity index (χ3n) is 2.96. The van der Waals surface area contributed by atoms with Gasteiger partial charge in [-0.15, -0.1) is 0 Å². The Labute approximate surface area is 88.3 Å². The highest BCUT2D eigenvalue weighted by Gasteiger charge is 2.35. The lowest BCUT2D eigenvalue weighted by atomic mass is 9.96. The maximum absolute atomic E-state index is 9.51. The van der Waals surface area contributed by atoms with E-state index in [0.29, 0.717) is 0 Å². The van der Waals surface area contributed by atoms with Crippen LogP contribution in [0, 0.1) is 0 Å². The van der Waals surface area contributed by atoms with Crippen molar-refractivity contribution in [3.63, 3.8) is 0 Å². The van der Waals surface area contributed by atoms with Crippen molar-refractivity contribution < 1.29 is 5.11 Å². The van der Waals surface area contributed by atoms with E-state index >= 15 is 0 Å². The van der Waals surface area contributed by atoms with Gasteiger partial charge in [-0.3, -0.25) is 4.90 Å². The average molecular weight is 199 g/mol. The van der Waals surface area contributed by atoms with E-state index in [1.807, 2.05) is 6.92 Å². The minimum Gasteiger partial charge on any atom is -0.388 e. The van der Waals surface area contributed by atoms with E-state index in [1.54, 1.807) is 0 Å². The van der Waals surface area contributed by atoms with E-state index in [-0.39, 0.29) is 5.60 Å². The van der Waals surface area contributed by atoms with Crippen molar-refractivity contribution in [1.29, 1.82) is 0 Å². The molecule has 1 saturated heterocycles. The van der Waals surface area contributed by atoms with Crippen molar-refractivity contribution in [2.45, 2.75) is 58.0 Å². The zero-order chi connectivity index (χ0) is 10.4. The molecule has 0 amide bonds. The first-order valence-electron chi connectivity index (χ1n) is 6.09. The molecular weight excluding hydrogens is 174 g/mol. The molecule has 1 fully saturated rings. The van der Waals surface area contributed by atoms with Crippen LogP contribution in [0.1, 0.15) is 52.4 Å². The molecule has 0 aromatic rings. The molecule has 0 aromatic carbocycles. The minimum atomic E-state index is -0.387. The van der Waals surface area contributed by atoms with Crippen LogP contribution >= 0.6 is 0 Å². The molecule has 0 aromatic heterocycles. The number of hydrogen-bond acceptors (Lipinski definition) is 2. The highest BCUT2D eigenvalue weighted by molar-refractivity contribution is 4.90. The van der Waals surface area contributed by atoms with Crippen molar-refractivity contribution >= 4 is 0 Å². The van der Waals surface area contributed by atoms with Gasteiger partial charge in [-0.1, -0.05) is 39.0 Å². The minimum absolute atomic E-state index is 0.387. The zero-order valence-electron chi connectivity index (χ0n) is 9.76. The fourth-order valence-electron chi connectivity index (χ4n) is 2.19. The van der Waals surface area contributed by atoms with E-state index in [4.69, 9.17) is 0 Å². The Balaban J connectivity index is 1.82. The van der Waals surface area contributed by atoms with Gasteiger partial charge in [0.2, 0.25) is 0 Å². The van der Waals surface area contributed by atoms with Gasteiger partial charge in [-0.25, -0.2) is 0 Å². The maximum atomic E-state index is 9.51. The molecule has 0 atom stereocenters. The number of β-amino-alcohol motifs (C(OH)–C–C–N with tert-alkyl or cyclic N) is 1. The van der Waals surface area contributed by atoms with Crippen molar-refractivity contribution in [2.24, 2.45) is 0 Å². The molecule has 1 aliphatic rings. The van der Waals surface area contributed by atoms with Gasteiger partial charge in [0.1, 0.15) is 0 Å². The smallest absolute Gasteiger partial charge is 0.0872 e. The van der Waals surface area contributed by atoms with Crippen LogP contribution in [0.15, 0.2) is 0 Å². The summed E-state index contributed by atoms with van der Waals surface area (Å²) in [5.41, 5.74) is -0.387. The second-order valence-electron chi connectivity index (χ2n) is 4.98. The molecule has 0 saturated carbocycles. The Morgan fingerprint density at radius 1 is 1.07 bits per heavy atom. The van der Waals surface area contributed by atoms with Crippen LogP contribution in [0.3, 0.4) is 0 Å². The predicted octanol–water partition coefficient (Wildman–Crippen LogP) is 2.41. The van der Waals surface area contributed by atoms with E-state index < -0.39 is 0 Å². The normalized spacial score (nSPS) is 20.8. The summed E-state index contributed by atoms with van der Waals surface area (Å²) in [5.74, 6) is 0. The van der Waals surface area contributed by atoms with Crippen LogP contribution in [-0.2, 0) is 0 Å². The third kappa shape index (κ3) is 4.43. The van der Waals surface area contributed by atoms with Crippen LogP contribution in [0.25, 0.3) is 0 Å². The molecule has 0 spiro atoms. The number of aliphatic hydroxyl groups is 1. The lowest BCUT2D eigenvalue weighted by molar-refractivity contribution is -0.0833. The molecule has 1 rings (SSSR count). The van der Waals surface area contributed by atoms with E-state index in [1.165, 1.54) is 45.1 Å². The van der Waals surface area contributed by atoms with Gasteiger partial charge in [0.05, 0.1) is 5.60 Å². The summed E-state index contributed by atoms with van der Waals surface area (Å²) in [6, 6.07) is 0. The molecule has 0 aliphatic carbocycles. The Hall–Kier alpha value is -0.0800. The van der Waals surface area contributed by atoms with Gasteiger partial charge in [-0.05, 0) is 19.9 Å². The van der Waals surface area contributed by atoms with Crippen molar-refractivity contribution in [3.05, 3.63) is 0 Å². The Bertz CT molecular complexity index is 148. The van der Waals surface area contributed by atoms with Crippen LogP contribution in [-0.4, -0.2) is 35.2 Å². The molecule has 1 N–H and O–H groups in total. The van der Waals surface area contributed by atoms with Crippen LogP contribution < -0.4 is 0 Å². The fourth-order valence-corrected chi connectivity index (χ4v) is 2.19. The lowest BCUT2D eigenvalue weighted by Gasteiger charge is -2.44. The van der Waals surface area contributed by atoms with E-state index in [0.717, 1.165) is 13.1 Å². The first-order valence-corrected chi connectivity index (χ1v) is 6.09. The molecular formula is C12H25NO. The molecule has 2 heteroatoms. The first kappa shape index (κ1) is 12.0. The number of nitrogens with zero attached hydrogens (tertiary/aromatic N) is 1. The van der Waals surface area contributed by atoms with Crippen LogP contribution in [0.4, 0.5) is 0 Å². The monoisotopic (exact) mass is 199 g/mol. The zero-order valence-corrected chi connectivity index (χ0v) is 9.76. The van der Waals surface area contributed by atoms with Gasteiger partial charge < -0.3 is 5.11 Å². The number of rotatable bonds is 7. The lowest BCUT2D eigenvalue weighted by Crippen LogP contribution is -2.59. The maximum Gasteiger partial charge on any atom is 0.0872 e. The first-order chi connectivity index (χ1) is 6.64. The van der Waals surface area contributed by atoms with Crippen molar-refractivity contribution in [3.8, 4) is 0 Å². The second-order valence-corrected chi connectivity index (χ2v) is 4.98. The summed E-state index contributed by atoms with van der Waals surface area (Å²) >= 11 is 0. The summed E-state index contributed by atoms with van der Waals surface area (Å²) in [5, 5.41) is 9.51. The SMILES string of the molecule is CCCCCCCCN1CC(C)(O)C1. The molecule has 0 unspecified atom stereocenters. The number of likely N-dealkylation sites (tertiary alicyclic amines) is 1. The van der Waals surface area contributed by atoms with E-state index in [2.05, 4.69) is 11.8 Å². The van der Waals surface area contributed by atoms with Crippen LogP contribution in [0.2, 0.25) is 0 Å². The highest BCUT2D eigenvalue weighted by atomic mass is 16.3. The van der Waals surface area contributed by atoms with Crippen molar-refractivity contribution in [2.75, 3.05) is 19.6 Å². The molecule has 84 valence electrons. The standard InChI is InChI=1S/C12H25NO/c1-3-4-5-6-7-8-9-13-10-12(2,14)11-13/h14H,3-11H2,1-2H3. The summed E-state index contributed by atoms with van der Waals surface area (Å²) in [7, 11) is 0. The summed E-state index contributed by atoms with van der Waals surface area (Å²) in [4.78, 5) is 2.35. The summed E-state index contributed by atoms with van der Waals surface area (Å²) < 4.78 is 0. The number of unbranched alkanes of at least 4 members (excludes halogenated alkanes) is 5.